The van der Waals surface area contributed by atoms with Crippen LogP contribution in [-0.4, -0.2) is 68.9 Å². The third-order valence-corrected chi connectivity index (χ3v) is 4.66. The maximum absolute atomic E-state index is 12.3. The van der Waals surface area contributed by atoms with E-state index >= 15 is 0 Å². The minimum absolute atomic E-state index is 0.0535. The zero-order valence-electron chi connectivity index (χ0n) is 12.6. The SMILES string of the molecule is Cc1ccc(C(=O)N2CCN(CCS(C)(=O)=O)CC2)cc1. The van der Waals surface area contributed by atoms with Gasteiger partial charge in [0.05, 0.1) is 5.75 Å². The van der Waals surface area contributed by atoms with Crippen molar-refractivity contribution in [3.8, 4) is 0 Å². The minimum Gasteiger partial charge on any atom is -0.336 e. The number of piperazine rings is 1. The van der Waals surface area contributed by atoms with Gasteiger partial charge in [-0.3, -0.25) is 9.69 Å². The van der Waals surface area contributed by atoms with E-state index in [1.165, 1.54) is 6.26 Å². The van der Waals surface area contributed by atoms with Crippen LogP contribution in [0.5, 0.6) is 0 Å². The van der Waals surface area contributed by atoms with Gasteiger partial charge in [-0.15, -0.1) is 0 Å². The van der Waals surface area contributed by atoms with E-state index in [4.69, 9.17) is 0 Å². The number of amides is 1. The van der Waals surface area contributed by atoms with E-state index in [9.17, 15) is 13.2 Å². The maximum Gasteiger partial charge on any atom is 0.253 e. The molecule has 1 aliphatic rings. The number of sulfone groups is 1. The number of nitrogens with zero attached hydrogens (tertiary/aromatic N) is 2. The molecule has 5 nitrogen and oxygen atoms in total. The third kappa shape index (κ3) is 4.82. The van der Waals surface area contributed by atoms with Gasteiger partial charge in [0.15, 0.2) is 0 Å². The summed E-state index contributed by atoms with van der Waals surface area (Å²) in [6.07, 6.45) is 1.25. The van der Waals surface area contributed by atoms with Crippen LogP contribution in [0.3, 0.4) is 0 Å². The first-order valence-corrected chi connectivity index (χ1v) is 9.17. The largest absolute Gasteiger partial charge is 0.336 e. The van der Waals surface area contributed by atoms with E-state index in [0.717, 1.165) is 18.7 Å². The van der Waals surface area contributed by atoms with Crippen molar-refractivity contribution >= 4 is 15.7 Å². The molecule has 0 aliphatic carbocycles. The maximum atomic E-state index is 12.3. The first-order chi connectivity index (χ1) is 9.85. The van der Waals surface area contributed by atoms with Crippen LogP contribution in [0.1, 0.15) is 15.9 Å². The third-order valence-electron chi connectivity index (χ3n) is 3.74. The average Bonchev–Trinajstić information content (AvgIpc) is 2.45. The molecule has 21 heavy (non-hydrogen) atoms. The zero-order chi connectivity index (χ0) is 15.5. The fourth-order valence-corrected chi connectivity index (χ4v) is 2.94. The van der Waals surface area contributed by atoms with E-state index in [2.05, 4.69) is 4.90 Å². The Kier molecular flexibility index (Phi) is 5.00. The average molecular weight is 310 g/mol. The minimum atomic E-state index is -2.92. The van der Waals surface area contributed by atoms with Crippen molar-refractivity contribution in [2.45, 2.75) is 6.92 Å². The quantitative estimate of drug-likeness (QED) is 0.825. The second kappa shape index (κ2) is 6.58. The van der Waals surface area contributed by atoms with Gasteiger partial charge in [-0.25, -0.2) is 8.42 Å². The normalized spacial score (nSPS) is 17.0. The molecule has 0 radical (unpaired) electrons. The zero-order valence-corrected chi connectivity index (χ0v) is 13.4. The number of benzene rings is 1. The van der Waals surface area contributed by atoms with Gasteiger partial charge in [-0.1, -0.05) is 17.7 Å². The molecule has 0 unspecified atom stereocenters. The fraction of sp³-hybridized carbons (Fsp3) is 0.533. The molecular weight excluding hydrogens is 288 g/mol. The number of aryl methyl sites for hydroxylation is 1. The van der Waals surface area contributed by atoms with Crippen molar-refractivity contribution in [1.82, 2.24) is 9.80 Å². The van der Waals surface area contributed by atoms with Crippen molar-refractivity contribution < 1.29 is 13.2 Å². The van der Waals surface area contributed by atoms with E-state index in [-0.39, 0.29) is 11.7 Å². The van der Waals surface area contributed by atoms with Gasteiger partial charge in [-0.05, 0) is 19.1 Å². The lowest BCUT2D eigenvalue weighted by Gasteiger charge is -2.34. The molecule has 1 saturated heterocycles. The Morgan fingerprint density at radius 3 is 2.19 bits per heavy atom. The second-order valence-electron chi connectivity index (χ2n) is 5.63. The molecule has 1 aliphatic heterocycles. The van der Waals surface area contributed by atoms with Crippen LogP contribution in [0.15, 0.2) is 24.3 Å². The highest BCUT2D eigenvalue weighted by Gasteiger charge is 2.22. The standard InChI is InChI=1S/C15H22N2O3S/c1-13-3-5-14(6-4-13)15(18)17-9-7-16(8-10-17)11-12-21(2,19)20/h3-6H,7-12H2,1-2H3. The van der Waals surface area contributed by atoms with Gasteiger partial charge in [0.25, 0.3) is 5.91 Å². The molecule has 0 atom stereocenters. The molecule has 1 fully saturated rings. The summed E-state index contributed by atoms with van der Waals surface area (Å²) in [6.45, 7) is 5.30. The number of carbonyl (C=O) groups is 1. The van der Waals surface area contributed by atoms with E-state index in [0.29, 0.717) is 25.2 Å². The van der Waals surface area contributed by atoms with Gasteiger partial charge >= 0.3 is 0 Å². The van der Waals surface area contributed by atoms with E-state index < -0.39 is 9.84 Å². The second-order valence-corrected chi connectivity index (χ2v) is 7.89. The van der Waals surface area contributed by atoms with Crippen LogP contribution in [-0.2, 0) is 9.84 Å². The van der Waals surface area contributed by atoms with Crippen LogP contribution in [0.25, 0.3) is 0 Å². The van der Waals surface area contributed by atoms with Gasteiger partial charge in [0.2, 0.25) is 0 Å². The molecule has 0 bridgehead atoms. The topological polar surface area (TPSA) is 57.7 Å². The molecule has 0 aromatic heterocycles. The monoisotopic (exact) mass is 310 g/mol. The Labute approximate surface area is 126 Å². The number of hydrogen-bond acceptors (Lipinski definition) is 4. The summed E-state index contributed by atoms with van der Waals surface area (Å²) in [6, 6.07) is 7.59. The Morgan fingerprint density at radius 2 is 1.67 bits per heavy atom. The highest BCUT2D eigenvalue weighted by molar-refractivity contribution is 7.90. The van der Waals surface area contributed by atoms with Crippen molar-refractivity contribution in [3.05, 3.63) is 35.4 Å². The highest BCUT2D eigenvalue weighted by Crippen LogP contribution is 2.10. The van der Waals surface area contributed by atoms with Gasteiger partial charge in [-0.2, -0.15) is 0 Å². The summed E-state index contributed by atoms with van der Waals surface area (Å²) in [5, 5.41) is 0. The Balaban J connectivity index is 1.86. The molecule has 116 valence electrons. The lowest BCUT2D eigenvalue weighted by molar-refractivity contribution is 0.0644. The summed E-state index contributed by atoms with van der Waals surface area (Å²) >= 11 is 0. The predicted molar refractivity (Wildman–Crippen MR) is 83.2 cm³/mol. The van der Waals surface area contributed by atoms with E-state index in [1.807, 2.05) is 36.1 Å². The molecule has 0 spiro atoms. The Bertz CT molecular complexity index is 588. The molecule has 0 saturated carbocycles. The van der Waals surface area contributed by atoms with Gasteiger partial charge in [0, 0.05) is 44.5 Å². The first-order valence-electron chi connectivity index (χ1n) is 7.11. The van der Waals surface area contributed by atoms with Crippen molar-refractivity contribution in [1.29, 1.82) is 0 Å². The number of hydrogen-bond donors (Lipinski definition) is 0. The molecule has 1 aromatic rings. The summed E-state index contributed by atoms with van der Waals surface area (Å²) in [5.74, 6) is 0.233. The van der Waals surface area contributed by atoms with E-state index in [1.54, 1.807) is 0 Å². The van der Waals surface area contributed by atoms with Crippen LogP contribution in [0.2, 0.25) is 0 Å². The fourth-order valence-electron chi connectivity index (χ4n) is 2.35. The lowest BCUT2D eigenvalue weighted by atomic mass is 10.1. The van der Waals surface area contributed by atoms with Crippen LogP contribution in [0, 0.1) is 6.92 Å². The summed E-state index contributed by atoms with van der Waals surface area (Å²) < 4.78 is 22.3. The molecule has 1 amide bonds. The summed E-state index contributed by atoms with van der Waals surface area (Å²) in [7, 11) is -2.92. The summed E-state index contributed by atoms with van der Waals surface area (Å²) in [5.41, 5.74) is 1.85. The van der Waals surface area contributed by atoms with Crippen LogP contribution < -0.4 is 0 Å². The molecule has 2 rings (SSSR count). The van der Waals surface area contributed by atoms with Crippen molar-refractivity contribution in [2.24, 2.45) is 0 Å². The lowest BCUT2D eigenvalue weighted by Crippen LogP contribution is -2.49. The van der Waals surface area contributed by atoms with Gasteiger partial charge in [0.1, 0.15) is 9.84 Å². The first kappa shape index (κ1) is 16.0. The van der Waals surface area contributed by atoms with Crippen molar-refractivity contribution in [3.63, 3.8) is 0 Å². The molecule has 1 aromatic carbocycles. The highest BCUT2D eigenvalue weighted by atomic mass is 32.2. The molecular formula is C15H22N2O3S. The van der Waals surface area contributed by atoms with Crippen molar-refractivity contribution in [2.75, 3.05) is 44.7 Å². The predicted octanol–water partition coefficient (Wildman–Crippen LogP) is 0.797. The van der Waals surface area contributed by atoms with Crippen LogP contribution in [0.4, 0.5) is 0 Å². The molecule has 0 N–H and O–H groups in total. The molecule has 1 heterocycles. The number of carbonyl (C=O) groups excluding carboxylic acids is 1. The molecule has 6 heteroatoms. The smallest absolute Gasteiger partial charge is 0.253 e. The van der Waals surface area contributed by atoms with Gasteiger partial charge < -0.3 is 4.90 Å². The number of rotatable bonds is 4. The Hall–Kier alpha value is -1.40. The van der Waals surface area contributed by atoms with Crippen LogP contribution >= 0.6 is 0 Å². The summed E-state index contributed by atoms with van der Waals surface area (Å²) in [4.78, 5) is 16.3. The Morgan fingerprint density at radius 1 is 1.10 bits per heavy atom.